The molecular formula is C14H25N5. The maximum Gasteiger partial charge on any atom is 0.137 e. The summed E-state index contributed by atoms with van der Waals surface area (Å²) in [6.45, 7) is 4.30. The first-order valence-corrected chi connectivity index (χ1v) is 7.14. The van der Waals surface area contributed by atoms with Crippen molar-refractivity contribution in [3.63, 3.8) is 0 Å². The molecule has 2 heterocycles. The van der Waals surface area contributed by atoms with Crippen LogP contribution in [0.4, 0.5) is 11.6 Å². The predicted molar refractivity (Wildman–Crippen MR) is 79.4 cm³/mol. The zero-order valence-electron chi connectivity index (χ0n) is 12.3. The number of hydrogen-bond acceptors (Lipinski definition) is 5. The van der Waals surface area contributed by atoms with Crippen molar-refractivity contribution < 1.29 is 0 Å². The number of nitrogens with two attached hydrogens (primary N) is 1. The third-order valence-electron chi connectivity index (χ3n) is 3.68. The van der Waals surface area contributed by atoms with Gasteiger partial charge in [-0.25, -0.2) is 9.97 Å². The SMILES string of the molecule is CCCc1c(N)ncnc1N1CCCC1CN(C)C. The molecular weight excluding hydrogens is 238 g/mol. The second-order valence-electron chi connectivity index (χ2n) is 5.56. The van der Waals surface area contributed by atoms with E-state index in [1.54, 1.807) is 6.33 Å². The van der Waals surface area contributed by atoms with Gasteiger partial charge >= 0.3 is 0 Å². The molecule has 2 rings (SSSR count). The molecule has 0 radical (unpaired) electrons. The van der Waals surface area contributed by atoms with Crippen LogP contribution in [0.3, 0.4) is 0 Å². The van der Waals surface area contributed by atoms with Crippen molar-refractivity contribution >= 4 is 11.6 Å². The van der Waals surface area contributed by atoms with Crippen molar-refractivity contribution in [2.45, 2.75) is 38.6 Å². The van der Waals surface area contributed by atoms with Gasteiger partial charge in [0, 0.05) is 24.7 Å². The molecule has 0 bridgehead atoms. The molecule has 1 unspecified atom stereocenters. The van der Waals surface area contributed by atoms with E-state index in [9.17, 15) is 0 Å². The maximum absolute atomic E-state index is 6.03. The van der Waals surface area contributed by atoms with E-state index in [1.807, 2.05) is 0 Å². The van der Waals surface area contributed by atoms with Gasteiger partial charge in [0.1, 0.15) is 18.0 Å². The summed E-state index contributed by atoms with van der Waals surface area (Å²) in [7, 11) is 4.25. The van der Waals surface area contributed by atoms with Gasteiger partial charge in [-0.15, -0.1) is 0 Å². The van der Waals surface area contributed by atoms with E-state index in [1.165, 1.54) is 12.8 Å². The van der Waals surface area contributed by atoms with Crippen LogP contribution in [0.15, 0.2) is 6.33 Å². The molecule has 1 aromatic rings. The Hall–Kier alpha value is -1.36. The van der Waals surface area contributed by atoms with E-state index in [0.717, 1.165) is 37.3 Å². The molecule has 5 heteroatoms. The molecule has 2 N–H and O–H groups in total. The molecule has 1 saturated heterocycles. The Morgan fingerprint density at radius 2 is 2.21 bits per heavy atom. The largest absolute Gasteiger partial charge is 0.383 e. The Balaban J connectivity index is 2.27. The standard InChI is InChI=1S/C14H25N5/c1-4-6-12-13(15)16-10-17-14(12)19-8-5-7-11(19)9-18(2)3/h10-11H,4-9H2,1-3H3,(H2,15,16,17). The summed E-state index contributed by atoms with van der Waals surface area (Å²) < 4.78 is 0. The fraction of sp³-hybridized carbons (Fsp3) is 0.714. The lowest BCUT2D eigenvalue weighted by atomic mass is 10.1. The Kier molecular flexibility index (Phi) is 4.58. The molecule has 0 aliphatic carbocycles. The monoisotopic (exact) mass is 263 g/mol. The summed E-state index contributed by atoms with van der Waals surface area (Å²) in [5, 5.41) is 0. The molecule has 1 fully saturated rings. The minimum Gasteiger partial charge on any atom is -0.383 e. The van der Waals surface area contributed by atoms with E-state index < -0.39 is 0 Å². The topological polar surface area (TPSA) is 58.3 Å². The summed E-state index contributed by atoms with van der Waals surface area (Å²) in [5.41, 5.74) is 7.15. The number of nitrogens with zero attached hydrogens (tertiary/aromatic N) is 4. The second-order valence-corrected chi connectivity index (χ2v) is 5.56. The van der Waals surface area contributed by atoms with Gasteiger partial charge < -0.3 is 15.5 Å². The van der Waals surface area contributed by atoms with Gasteiger partial charge in [0.25, 0.3) is 0 Å². The van der Waals surface area contributed by atoms with Crippen molar-refractivity contribution in [1.29, 1.82) is 0 Å². The highest BCUT2D eigenvalue weighted by molar-refractivity contribution is 5.57. The van der Waals surface area contributed by atoms with E-state index in [-0.39, 0.29) is 0 Å². The molecule has 1 aliphatic rings. The first kappa shape index (κ1) is 14.1. The minimum absolute atomic E-state index is 0.542. The number of hydrogen-bond donors (Lipinski definition) is 1. The average Bonchev–Trinajstić information content (AvgIpc) is 2.79. The van der Waals surface area contributed by atoms with Gasteiger partial charge in [-0.1, -0.05) is 13.3 Å². The van der Waals surface area contributed by atoms with Crippen LogP contribution in [0.2, 0.25) is 0 Å². The normalized spacial score (nSPS) is 19.4. The van der Waals surface area contributed by atoms with Crippen molar-refractivity contribution in [1.82, 2.24) is 14.9 Å². The molecule has 0 amide bonds. The molecule has 19 heavy (non-hydrogen) atoms. The number of rotatable bonds is 5. The number of anilines is 2. The lowest BCUT2D eigenvalue weighted by Gasteiger charge is -2.29. The van der Waals surface area contributed by atoms with Gasteiger partial charge in [0.05, 0.1) is 0 Å². The fourth-order valence-electron chi connectivity index (χ4n) is 2.88. The Morgan fingerprint density at radius 3 is 2.89 bits per heavy atom. The molecule has 0 spiro atoms. The van der Waals surface area contributed by atoms with E-state index in [0.29, 0.717) is 11.9 Å². The zero-order valence-corrected chi connectivity index (χ0v) is 12.3. The number of aromatic nitrogens is 2. The summed E-state index contributed by atoms with van der Waals surface area (Å²) >= 11 is 0. The van der Waals surface area contributed by atoms with E-state index in [2.05, 4.69) is 40.8 Å². The van der Waals surface area contributed by atoms with Gasteiger partial charge in [0.15, 0.2) is 0 Å². The molecule has 0 saturated carbocycles. The third-order valence-corrected chi connectivity index (χ3v) is 3.68. The Bertz CT molecular complexity index is 418. The highest BCUT2D eigenvalue weighted by Crippen LogP contribution is 2.29. The highest BCUT2D eigenvalue weighted by atomic mass is 15.3. The molecule has 0 aromatic carbocycles. The van der Waals surface area contributed by atoms with Crippen molar-refractivity contribution in [2.75, 3.05) is 37.8 Å². The molecule has 1 aromatic heterocycles. The highest BCUT2D eigenvalue weighted by Gasteiger charge is 2.28. The van der Waals surface area contributed by atoms with E-state index in [4.69, 9.17) is 5.73 Å². The molecule has 5 nitrogen and oxygen atoms in total. The average molecular weight is 263 g/mol. The van der Waals surface area contributed by atoms with E-state index >= 15 is 0 Å². The van der Waals surface area contributed by atoms with Crippen LogP contribution >= 0.6 is 0 Å². The summed E-state index contributed by atoms with van der Waals surface area (Å²) in [5.74, 6) is 1.70. The quantitative estimate of drug-likeness (QED) is 0.873. The lowest BCUT2D eigenvalue weighted by Crippen LogP contribution is -2.38. The minimum atomic E-state index is 0.542. The van der Waals surface area contributed by atoms with Crippen LogP contribution in [0.25, 0.3) is 0 Å². The summed E-state index contributed by atoms with van der Waals surface area (Å²) in [6.07, 6.45) is 6.07. The van der Waals surface area contributed by atoms with Crippen LogP contribution in [0.5, 0.6) is 0 Å². The van der Waals surface area contributed by atoms with Gasteiger partial charge in [-0.3, -0.25) is 0 Å². The predicted octanol–water partition coefficient (Wildman–Crippen LogP) is 1.54. The van der Waals surface area contributed by atoms with Gasteiger partial charge in [-0.05, 0) is 33.4 Å². The first-order valence-electron chi connectivity index (χ1n) is 7.14. The summed E-state index contributed by atoms with van der Waals surface area (Å²) in [4.78, 5) is 13.3. The Labute approximate surface area is 115 Å². The molecule has 106 valence electrons. The fourth-order valence-corrected chi connectivity index (χ4v) is 2.88. The maximum atomic E-state index is 6.03. The van der Waals surface area contributed by atoms with Crippen molar-refractivity contribution in [2.24, 2.45) is 0 Å². The van der Waals surface area contributed by atoms with Crippen molar-refractivity contribution in [3.8, 4) is 0 Å². The van der Waals surface area contributed by atoms with Gasteiger partial charge in [0.2, 0.25) is 0 Å². The van der Waals surface area contributed by atoms with Gasteiger partial charge in [-0.2, -0.15) is 0 Å². The van der Waals surface area contributed by atoms with Crippen LogP contribution in [0.1, 0.15) is 31.7 Å². The smallest absolute Gasteiger partial charge is 0.137 e. The number of likely N-dealkylation sites (N-methyl/N-ethyl adjacent to an activating group) is 1. The third kappa shape index (κ3) is 3.15. The van der Waals surface area contributed by atoms with Crippen LogP contribution in [-0.4, -0.2) is 48.1 Å². The molecule has 1 atom stereocenters. The molecule has 1 aliphatic heterocycles. The van der Waals surface area contributed by atoms with Crippen molar-refractivity contribution in [3.05, 3.63) is 11.9 Å². The second kappa shape index (κ2) is 6.19. The van der Waals surface area contributed by atoms with Crippen LogP contribution in [0, 0.1) is 0 Å². The lowest BCUT2D eigenvalue weighted by molar-refractivity contribution is 0.371. The zero-order chi connectivity index (χ0) is 13.8. The summed E-state index contributed by atoms with van der Waals surface area (Å²) in [6, 6.07) is 0.542. The first-order chi connectivity index (χ1) is 9.13. The number of nitrogen functional groups attached to an aromatic ring is 1. The Morgan fingerprint density at radius 1 is 1.42 bits per heavy atom. The van der Waals surface area contributed by atoms with Crippen LogP contribution < -0.4 is 10.6 Å². The van der Waals surface area contributed by atoms with Crippen LogP contribution in [-0.2, 0) is 6.42 Å².